The first-order chi connectivity index (χ1) is 11.7. The number of nitrogens with zero attached hydrogens (tertiary/aromatic N) is 2. The molecule has 24 heavy (non-hydrogen) atoms. The minimum atomic E-state index is -0.408. The molecule has 0 atom stereocenters. The van der Waals surface area contributed by atoms with Gasteiger partial charge >= 0.3 is 0 Å². The van der Waals surface area contributed by atoms with Crippen molar-refractivity contribution in [2.75, 3.05) is 13.2 Å². The molecule has 0 N–H and O–H groups in total. The lowest BCUT2D eigenvalue weighted by Crippen LogP contribution is -1.98. The minimum Gasteiger partial charge on any atom is -0.490 e. The second-order valence-electron chi connectivity index (χ2n) is 4.92. The van der Waals surface area contributed by atoms with Gasteiger partial charge in [0.05, 0.1) is 18.8 Å². The fraction of sp³-hybridized carbons (Fsp3) is 0.222. The Morgan fingerprint density at radius 1 is 0.917 bits per heavy atom. The van der Waals surface area contributed by atoms with Gasteiger partial charge in [-0.15, -0.1) is 10.2 Å². The molecule has 0 radical (unpaired) electrons. The number of rotatable bonds is 6. The van der Waals surface area contributed by atoms with E-state index in [1.165, 1.54) is 6.07 Å². The van der Waals surface area contributed by atoms with Gasteiger partial charge in [-0.25, -0.2) is 4.39 Å². The number of halogens is 1. The standard InChI is InChI=1S/C18H17FN2O3/c1-3-22-15-10-9-12(11-16(15)23-4-2)17-20-21-18(24-17)13-7-5-6-8-14(13)19/h5-11H,3-4H2,1-2H3. The van der Waals surface area contributed by atoms with Crippen molar-refractivity contribution in [2.24, 2.45) is 0 Å². The van der Waals surface area contributed by atoms with Gasteiger partial charge in [0.1, 0.15) is 5.82 Å². The van der Waals surface area contributed by atoms with Crippen molar-refractivity contribution in [2.45, 2.75) is 13.8 Å². The largest absolute Gasteiger partial charge is 0.490 e. The average Bonchev–Trinajstić information content (AvgIpc) is 3.07. The molecule has 1 heterocycles. The lowest BCUT2D eigenvalue weighted by molar-refractivity contribution is 0.288. The molecule has 0 aliphatic rings. The van der Waals surface area contributed by atoms with E-state index in [-0.39, 0.29) is 17.3 Å². The van der Waals surface area contributed by atoms with Gasteiger partial charge in [-0.3, -0.25) is 0 Å². The predicted octanol–water partition coefficient (Wildman–Crippen LogP) is 4.34. The van der Waals surface area contributed by atoms with Crippen molar-refractivity contribution < 1.29 is 18.3 Å². The number of aromatic nitrogens is 2. The van der Waals surface area contributed by atoms with Crippen molar-refractivity contribution in [3.8, 4) is 34.4 Å². The second kappa shape index (κ2) is 7.12. The van der Waals surface area contributed by atoms with Crippen LogP contribution in [0.25, 0.3) is 22.9 Å². The van der Waals surface area contributed by atoms with Gasteiger partial charge in [-0.1, -0.05) is 12.1 Å². The van der Waals surface area contributed by atoms with Crippen LogP contribution in [-0.4, -0.2) is 23.4 Å². The average molecular weight is 328 g/mol. The van der Waals surface area contributed by atoms with Crippen LogP contribution in [0.4, 0.5) is 4.39 Å². The third-order valence-electron chi connectivity index (χ3n) is 3.32. The molecule has 124 valence electrons. The van der Waals surface area contributed by atoms with Crippen LogP contribution in [0, 0.1) is 5.82 Å². The van der Waals surface area contributed by atoms with Gasteiger partial charge in [-0.2, -0.15) is 0 Å². The van der Waals surface area contributed by atoms with Crippen molar-refractivity contribution in [3.05, 3.63) is 48.3 Å². The zero-order valence-electron chi connectivity index (χ0n) is 13.5. The Labute approximate surface area is 139 Å². The third kappa shape index (κ3) is 3.22. The molecule has 0 aliphatic heterocycles. The van der Waals surface area contributed by atoms with Crippen LogP contribution in [0.3, 0.4) is 0 Å². The molecule has 0 fully saturated rings. The van der Waals surface area contributed by atoms with E-state index in [4.69, 9.17) is 13.9 Å². The van der Waals surface area contributed by atoms with Crippen LogP contribution < -0.4 is 9.47 Å². The van der Waals surface area contributed by atoms with Crippen LogP contribution >= 0.6 is 0 Å². The Morgan fingerprint density at radius 3 is 2.38 bits per heavy atom. The van der Waals surface area contributed by atoms with E-state index in [0.717, 1.165) is 0 Å². The second-order valence-corrected chi connectivity index (χ2v) is 4.92. The summed E-state index contributed by atoms with van der Waals surface area (Å²) in [6.45, 7) is 4.85. The smallest absolute Gasteiger partial charge is 0.251 e. The molecule has 0 saturated carbocycles. The van der Waals surface area contributed by atoms with Gasteiger partial charge < -0.3 is 13.9 Å². The van der Waals surface area contributed by atoms with Crippen molar-refractivity contribution in [1.29, 1.82) is 0 Å². The number of benzene rings is 2. The number of hydrogen-bond acceptors (Lipinski definition) is 5. The van der Waals surface area contributed by atoms with E-state index in [0.29, 0.717) is 30.3 Å². The summed E-state index contributed by atoms with van der Waals surface area (Å²) in [5.41, 5.74) is 0.948. The van der Waals surface area contributed by atoms with E-state index in [2.05, 4.69) is 10.2 Å². The Bertz CT molecular complexity index is 833. The maximum atomic E-state index is 13.8. The van der Waals surface area contributed by atoms with Crippen molar-refractivity contribution >= 4 is 0 Å². The van der Waals surface area contributed by atoms with Crippen molar-refractivity contribution in [3.63, 3.8) is 0 Å². The molecule has 0 saturated heterocycles. The van der Waals surface area contributed by atoms with Crippen LogP contribution in [0.15, 0.2) is 46.9 Å². The lowest BCUT2D eigenvalue weighted by Gasteiger charge is -2.11. The molecule has 0 amide bonds. The maximum Gasteiger partial charge on any atom is 0.251 e. The molecule has 1 aromatic heterocycles. The van der Waals surface area contributed by atoms with Crippen LogP contribution in [-0.2, 0) is 0 Å². The first kappa shape index (κ1) is 16.0. The molecule has 0 spiro atoms. The zero-order valence-corrected chi connectivity index (χ0v) is 13.5. The fourth-order valence-corrected chi connectivity index (χ4v) is 2.27. The summed E-state index contributed by atoms with van der Waals surface area (Å²) >= 11 is 0. The quantitative estimate of drug-likeness (QED) is 0.673. The highest BCUT2D eigenvalue weighted by molar-refractivity contribution is 5.62. The maximum absolute atomic E-state index is 13.8. The van der Waals surface area contributed by atoms with E-state index < -0.39 is 5.82 Å². The first-order valence-corrected chi connectivity index (χ1v) is 7.71. The minimum absolute atomic E-state index is 0.134. The molecular weight excluding hydrogens is 311 g/mol. The normalized spacial score (nSPS) is 10.6. The summed E-state index contributed by atoms with van der Waals surface area (Å²) in [5.74, 6) is 1.26. The SMILES string of the molecule is CCOc1ccc(-c2nnc(-c3ccccc3F)o2)cc1OCC. The highest BCUT2D eigenvalue weighted by atomic mass is 19.1. The molecule has 0 unspecified atom stereocenters. The van der Waals surface area contributed by atoms with Gasteiger partial charge in [0.25, 0.3) is 5.89 Å². The fourth-order valence-electron chi connectivity index (χ4n) is 2.27. The molecule has 2 aromatic carbocycles. The Hall–Kier alpha value is -2.89. The summed E-state index contributed by atoms with van der Waals surface area (Å²) in [6.07, 6.45) is 0. The van der Waals surface area contributed by atoms with E-state index in [9.17, 15) is 4.39 Å². The lowest BCUT2D eigenvalue weighted by atomic mass is 10.2. The van der Waals surface area contributed by atoms with Crippen molar-refractivity contribution in [1.82, 2.24) is 10.2 Å². The van der Waals surface area contributed by atoms with Gasteiger partial charge in [0, 0.05) is 5.56 Å². The summed E-state index contributed by atoms with van der Waals surface area (Å²) in [7, 11) is 0. The van der Waals surface area contributed by atoms with Crippen LogP contribution in [0.5, 0.6) is 11.5 Å². The van der Waals surface area contributed by atoms with Gasteiger partial charge in [0.2, 0.25) is 5.89 Å². The van der Waals surface area contributed by atoms with E-state index >= 15 is 0 Å². The summed E-state index contributed by atoms with van der Waals surface area (Å²) in [4.78, 5) is 0. The van der Waals surface area contributed by atoms with Gasteiger partial charge in [0.15, 0.2) is 11.5 Å². The predicted molar refractivity (Wildman–Crippen MR) is 87.5 cm³/mol. The molecule has 0 bridgehead atoms. The monoisotopic (exact) mass is 328 g/mol. The molecule has 3 rings (SSSR count). The van der Waals surface area contributed by atoms with Gasteiger partial charge in [-0.05, 0) is 44.2 Å². The first-order valence-electron chi connectivity index (χ1n) is 7.71. The number of hydrogen-bond donors (Lipinski definition) is 0. The topological polar surface area (TPSA) is 57.4 Å². The Balaban J connectivity index is 1.95. The van der Waals surface area contributed by atoms with Crippen LogP contribution in [0.1, 0.15) is 13.8 Å². The summed E-state index contributed by atoms with van der Waals surface area (Å²) < 4.78 is 30.6. The molecular formula is C18H17FN2O3. The van der Waals surface area contributed by atoms with E-state index in [1.54, 1.807) is 36.4 Å². The van der Waals surface area contributed by atoms with Crippen LogP contribution in [0.2, 0.25) is 0 Å². The Kier molecular flexibility index (Phi) is 4.74. The van der Waals surface area contributed by atoms with E-state index in [1.807, 2.05) is 13.8 Å². The summed E-state index contributed by atoms with van der Waals surface area (Å²) in [6, 6.07) is 11.6. The highest BCUT2D eigenvalue weighted by Gasteiger charge is 2.15. The molecule has 6 heteroatoms. The highest BCUT2D eigenvalue weighted by Crippen LogP contribution is 2.33. The number of ether oxygens (including phenoxy) is 2. The third-order valence-corrected chi connectivity index (χ3v) is 3.32. The Morgan fingerprint density at radius 2 is 1.62 bits per heavy atom. The molecule has 3 aromatic rings. The zero-order chi connectivity index (χ0) is 16.9. The molecule has 0 aliphatic carbocycles. The summed E-state index contributed by atoms with van der Waals surface area (Å²) in [5, 5.41) is 7.93. The molecule has 5 nitrogen and oxygen atoms in total.